The molecule has 0 radical (unpaired) electrons. The van der Waals surface area contributed by atoms with E-state index in [4.69, 9.17) is 24.1 Å². The van der Waals surface area contributed by atoms with Gasteiger partial charge in [0.15, 0.2) is 0 Å². The Balaban J connectivity index is -0.0000000720. The van der Waals surface area contributed by atoms with Gasteiger partial charge in [0.1, 0.15) is 0 Å². The third kappa shape index (κ3) is 700. The SMILES string of the molecule is [Hf+4].[O]=[Ge]([O-])[O-].[O]=[Ge]([O-])[O-]. The molecule has 9 heavy (non-hydrogen) atoms. The Morgan fingerprint density at radius 3 is 0.778 bits per heavy atom. The van der Waals surface area contributed by atoms with Crippen molar-refractivity contribution in [2.24, 2.45) is 0 Å². The van der Waals surface area contributed by atoms with Crippen LogP contribution in [-0.2, 0) is 33.4 Å². The summed E-state index contributed by atoms with van der Waals surface area (Å²) in [4.78, 5) is 0. The molecular formula is Ge2HfO6. The summed E-state index contributed by atoms with van der Waals surface area (Å²) in [6.07, 6.45) is 0. The molecule has 0 aromatic rings. The van der Waals surface area contributed by atoms with Gasteiger partial charge < -0.3 is 0 Å². The summed E-state index contributed by atoms with van der Waals surface area (Å²) < 4.78 is 51.5. The molecule has 0 amide bonds. The van der Waals surface area contributed by atoms with Gasteiger partial charge >= 0.3 is 79.8 Å². The third-order valence-corrected chi connectivity index (χ3v) is 0. The van der Waals surface area contributed by atoms with Crippen LogP contribution in [0.4, 0.5) is 0 Å². The van der Waals surface area contributed by atoms with E-state index in [-0.39, 0.29) is 25.8 Å². The van der Waals surface area contributed by atoms with E-state index in [1.165, 1.54) is 0 Å². The van der Waals surface area contributed by atoms with E-state index in [1.54, 1.807) is 0 Å². The molecule has 0 atom stereocenters. The molecule has 9 heteroatoms. The number of hydrogen-bond acceptors (Lipinski definition) is 6. The third-order valence-electron chi connectivity index (χ3n) is 0. The molecular weight excluding hydrogens is 420 g/mol. The first-order valence-electron chi connectivity index (χ1n) is 1.22. The minimum atomic E-state index is -4.08. The van der Waals surface area contributed by atoms with Crippen LogP contribution in [0.25, 0.3) is 0 Å². The zero-order chi connectivity index (χ0) is 7.15. The maximum atomic E-state index is 8.58. The molecule has 0 heterocycles. The second-order valence-electron chi connectivity index (χ2n) is 0.500. The predicted octanol–water partition coefficient (Wildman–Crippen LogP) is -5.76. The summed E-state index contributed by atoms with van der Waals surface area (Å²) >= 11 is -8.17. The van der Waals surface area contributed by atoms with Crippen LogP contribution in [-0.4, -0.2) is 29.9 Å². The molecule has 0 bridgehead atoms. The molecule has 0 aliphatic rings. The van der Waals surface area contributed by atoms with Gasteiger partial charge in [0.25, 0.3) is 0 Å². The normalized spacial score (nSPS) is 5.33. The van der Waals surface area contributed by atoms with Gasteiger partial charge in [-0.05, 0) is 0 Å². The van der Waals surface area contributed by atoms with E-state index in [9.17, 15) is 0 Å². The van der Waals surface area contributed by atoms with E-state index in [0.717, 1.165) is 0 Å². The molecule has 0 fully saturated rings. The van der Waals surface area contributed by atoms with Gasteiger partial charge in [-0.25, -0.2) is 0 Å². The maximum absolute atomic E-state index is 8.58. The standard InChI is InChI=1S/2GeO3.Hf/c2*2-1(3)4;/q2*-2;+4. The quantitative estimate of drug-likeness (QED) is 0.360. The van der Waals surface area contributed by atoms with Crippen LogP contribution in [0.2, 0.25) is 0 Å². The Hall–Kier alpha value is 0.756. The Bertz CT molecular complexity index is 69.1. The fraction of sp³-hybridized carbons (Fsp3) is 0. The number of hydrogen-bond donors (Lipinski definition) is 0. The van der Waals surface area contributed by atoms with Gasteiger partial charge in [-0.15, -0.1) is 0 Å². The van der Waals surface area contributed by atoms with Gasteiger partial charge in [0.2, 0.25) is 0 Å². The zero-order valence-electron chi connectivity index (χ0n) is 3.95. The van der Waals surface area contributed by atoms with Gasteiger partial charge in [0.05, 0.1) is 0 Å². The van der Waals surface area contributed by atoms with Crippen LogP contribution in [0, 0.1) is 0 Å². The molecule has 0 spiro atoms. The fourth-order valence-electron chi connectivity index (χ4n) is 0. The first-order valence-corrected chi connectivity index (χ1v) is 6.36. The van der Waals surface area contributed by atoms with Crippen molar-refractivity contribution < 1.29 is 49.9 Å². The van der Waals surface area contributed by atoms with Crippen molar-refractivity contribution in [1.82, 2.24) is 0 Å². The van der Waals surface area contributed by atoms with Crippen molar-refractivity contribution in [3.05, 3.63) is 0 Å². The predicted molar refractivity (Wildman–Crippen MR) is 12.9 cm³/mol. The molecule has 48 valence electrons. The molecule has 0 aromatic carbocycles. The van der Waals surface area contributed by atoms with Gasteiger partial charge in [-0.3, -0.25) is 0 Å². The molecule has 6 nitrogen and oxygen atoms in total. The van der Waals surface area contributed by atoms with Crippen molar-refractivity contribution in [2.45, 2.75) is 0 Å². The van der Waals surface area contributed by atoms with Crippen molar-refractivity contribution in [1.29, 1.82) is 0 Å². The first kappa shape index (κ1) is 16.4. The van der Waals surface area contributed by atoms with Gasteiger partial charge in [0, 0.05) is 0 Å². The molecule has 0 rings (SSSR count). The zero-order valence-corrected chi connectivity index (χ0v) is 11.7. The first-order chi connectivity index (χ1) is 3.46. The van der Waals surface area contributed by atoms with E-state index in [2.05, 4.69) is 0 Å². The molecule has 0 aromatic heterocycles. The van der Waals surface area contributed by atoms with E-state index >= 15 is 0 Å². The summed E-state index contributed by atoms with van der Waals surface area (Å²) in [5.41, 5.74) is 0. The van der Waals surface area contributed by atoms with Crippen molar-refractivity contribution in [2.75, 3.05) is 0 Å². The van der Waals surface area contributed by atoms with Crippen LogP contribution in [0.5, 0.6) is 0 Å². The molecule has 0 N–H and O–H groups in total. The van der Waals surface area contributed by atoms with Crippen LogP contribution in [0.3, 0.4) is 0 Å². The summed E-state index contributed by atoms with van der Waals surface area (Å²) in [5.74, 6) is 0. The molecule has 0 saturated carbocycles. The Kier molecular flexibility index (Phi) is 21.0. The van der Waals surface area contributed by atoms with E-state index in [0.29, 0.717) is 0 Å². The molecule has 0 saturated heterocycles. The Morgan fingerprint density at radius 1 is 0.778 bits per heavy atom. The van der Waals surface area contributed by atoms with Gasteiger partial charge in [-0.1, -0.05) is 0 Å². The van der Waals surface area contributed by atoms with Crippen molar-refractivity contribution >= 4 is 29.9 Å². The monoisotopic (exact) mass is 424 g/mol. The van der Waals surface area contributed by atoms with Crippen LogP contribution < -0.4 is 16.5 Å². The number of rotatable bonds is 0. The van der Waals surface area contributed by atoms with E-state index in [1.807, 2.05) is 0 Å². The molecule has 0 unspecified atom stereocenters. The van der Waals surface area contributed by atoms with Crippen LogP contribution in [0.15, 0.2) is 0 Å². The van der Waals surface area contributed by atoms with Crippen LogP contribution in [0.1, 0.15) is 0 Å². The Morgan fingerprint density at radius 2 is 0.778 bits per heavy atom. The summed E-state index contributed by atoms with van der Waals surface area (Å²) in [6.45, 7) is 0. The average Bonchev–Trinajstić information content (AvgIpc) is 1.25. The van der Waals surface area contributed by atoms with Crippen molar-refractivity contribution in [3.8, 4) is 0 Å². The van der Waals surface area contributed by atoms with Gasteiger partial charge in [-0.2, -0.15) is 0 Å². The molecule has 0 aliphatic carbocycles. The fourth-order valence-corrected chi connectivity index (χ4v) is 0. The second-order valence-corrected chi connectivity index (χ2v) is 2.60. The summed E-state index contributed by atoms with van der Waals surface area (Å²) in [7, 11) is 0. The van der Waals surface area contributed by atoms with Crippen molar-refractivity contribution in [3.63, 3.8) is 0 Å². The average molecular weight is 420 g/mol. The Labute approximate surface area is 79.3 Å². The van der Waals surface area contributed by atoms with Crippen LogP contribution >= 0.6 is 0 Å². The second kappa shape index (κ2) is 11.5. The van der Waals surface area contributed by atoms with E-state index < -0.39 is 29.9 Å². The summed E-state index contributed by atoms with van der Waals surface area (Å²) in [6, 6.07) is 0. The molecule has 0 aliphatic heterocycles. The minimum absolute atomic E-state index is 0. The topological polar surface area (TPSA) is 126 Å². The summed E-state index contributed by atoms with van der Waals surface area (Å²) in [5, 5.41) is 0.